The molecule has 0 heterocycles. The van der Waals surface area contributed by atoms with Crippen LogP contribution in [-0.2, 0) is 4.79 Å². The minimum Gasteiger partial charge on any atom is -0.479 e. The van der Waals surface area contributed by atoms with Gasteiger partial charge in [0.2, 0.25) is 0 Å². The van der Waals surface area contributed by atoms with Crippen LogP contribution in [0.1, 0.15) is 39.0 Å². The highest BCUT2D eigenvalue weighted by Gasteiger charge is 2.56. The Kier molecular flexibility index (Phi) is 3.13. The lowest BCUT2D eigenvalue weighted by atomic mass is 9.63. The zero-order valence-electron chi connectivity index (χ0n) is 10.2. The first-order valence-corrected chi connectivity index (χ1v) is 6.31. The zero-order valence-corrected chi connectivity index (χ0v) is 10.2. The van der Waals surface area contributed by atoms with Gasteiger partial charge >= 0.3 is 5.97 Å². The molecule has 0 aliphatic heterocycles. The van der Waals surface area contributed by atoms with Crippen LogP contribution in [0.4, 0.5) is 0 Å². The molecule has 0 amide bonds. The third kappa shape index (κ3) is 1.82. The fraction of sp³-hybridized carbons (Fsp3) is 0.643. The van der Waals surface area contributed by atoms with Gasteiger partial charge < -0.3 is 10.2 Å². The van der Waals surface area contributed by atoms with Gasteiger partial charge in [-0.15, -0.1) is 0 Å². The van der Waals surface area contributed by atoms with E-state index in [0.29, 0.717) is 6.42 Å². The highest BCUT2D eigenvalue weighted by atomic mass is 16.4. The molecule has 0 aromatic heterocycles. The maximum atomic E-state index is 11.6. The lowest BCUT2D eigenvalue weighted by Crippen LogP contribution is -2.56. The lowest BCUT2D eigenvalue weighted by Gasteiger charge is -2.44. The summed E-state index contributed by atoms with van der Waals surface area (Å²) in [5.74, 6) is -1.20. The van der Waals surface area contributed by atoms with E-state index in [1.165, 1.54) is 0 Å². The normalized spacial score (nSPS) is 32.6. The summed E-state index contributed by atoms with van der Waals surface area (Å²) in [6, 6.07) is 0. The van der Waals surface area contributed by atoms with Crippen molar-refractivity contribution in [1.29, 1.82) is 0 Å². The van der Waals surface area contributed by atoms with Crippen LogP contribution in [0.2, 0.25) is 0 Å². The second-order valence-corrected chi connectivity index (χ2v) is 5.46. The fourth-order valence-electron chi connectivity index (χ4n) is 3.24. The molecule has 0 aromatic rings. The van der Waals surface area contributed by atoms with Crippen molar-refractivity contribution < 1.29 is 15.0 Å². The Labute approximate surface area is 102 Å². The number of hydrogen-bond donors (Lipinski definition) is 2. The first-order valence-electron chi connectivity index (χ1n) is 6.31. The van der Waals surface area contributed by atoms with Gasteiger partial charge in [0, 0.05) is 5.41 Å². The van der Waals surface area contributed by atoms with Crippen molar-refractivity contribution in [3.8, 4) is 0 Å². The van der Waals surface area contributed by atoms with Gasteiger partial charge in [-0.3, -0.25) is 0 Å². The van der Waals surface area contributed by atoms with Gasteiger partial charge in [-0.1, -0.05) is 44.1 Å². The molecule has 2 aliphatic carbocycles. The molecule has 17 heavy (non-hydrogen) atoms. The van der Waals surface area contributed by atoms with Crippen LogP contribution in [0.3, 0.4) is 0 Å². The fourth-order valence-corrected chi connectivity index (χ4v) is 3.24. The number of carbonyl (C=O) groups is 1. The molecule has 94 valence electrons. The van der Waals surface area contributed by atoms with Crippen molar-refractivity contribution in [2.45, 2.75) is 44.6 Å². The van der Waals surface area contributed by atoms with Crippen molar-refractivity contribution in [3.63, 3.8) is 0 Å². The zero-order chi connectivity index (χ0) is 12.5. The topological polar surface area (TPSA) is 57.5 Å². The van der Waals surface area contributed by atoms with E-state index < -0.39 is 17.0 Å². The van der Waals surface area contributed by atoms with Gasteiger partial charge in [-0.2, -0.15) is 0 Å². The number of rotatable bonds is 3. The van der Waals surface area contributed by atoms with E-state index in [1.807, 2.05) is 31.2 Å². The minimum absolute atomic E-state index is 0.124. The molecule has 3 heteroatoms. The molecule has 0 spiro atoms. The van der Waals surface area contributed by atoms with E-state index in [4.69, 9.17) is 0 Å². The molecular weight excluding hydrogens is 216 g/mol. The van der Waals surface area contributed by atoms with Crippen molar-refractivity contribution >= 4 is 5.97 Å². The van der Waals surface area contributed by atoms with E-state index in [2.05, 4.69) is 0 Å². The smallest absolute Gasteiger partial charge is 0.336 e. The monoisotopic (exact) mass is 236 g/mol. The molecular formula is C14H20O3. The number of carboxylic acid groups (broad SMARTS) is 1. The van der Waals surface area contributed by atoms with Crippen LogP contribution in [-0.4, -0.2) is 21.8 Å². The molecule has 0 bridgehead atoms. The summed E-state index contributed by atoms with van der Waals surface area (Å²) in [4.78, 5) is 11.6. The molecule has 0 saturated heterocycles. The Hall–Kier alpha value is -1.09. The van der Waals surface area contributed by atoms with Crippen molar-refractivity contribution in [3.05, 3.63) is 24.3 Å². The van der Waals surface area contributed by atoms with Gasteiger partial charge in [0.25, 0.3) is 0 Å². The second-order valence-electron chi connectivity index (χ2n) is 5.46. The predicted octanol–water partition coefficient (Wildman–Crippen LogP) is 2.51. The largest absolute Gasteiger partial charge is 0.479 e. The highest BCUT2D eigenvalue weighted by Crippen LogP contribution is 2.48. The molecule has 1 saturated carbocycles. The molecule has 1 fully saturated rings. The van der Waals surface area contributed by atoms with Gasteiger partial charge in [0.1, 0.15) is 0 Å². The summed E-state index contributed by atoms with van der Waals surface area (Å²) in [7, 11) is 0. The van der Waals surface area contributed by atoms with Crippen molar-refractivity contribution in [2.24, 2.45) is 11.3 Å². The quantitative estimate of drug-likeness (QED) is 0.791. The van der Waals surface area contributed by atoms with E-state index in [9.17, 15) is 15.0 Å². The van der Waals surface area contributed by atoms with Gasteiger partial charge in [0.05, 0.1) is 0 Å². The van der Waals surface area contributed by atoms with Crippen molar-refractivity contribution in [2.75, 3.05) is 0 Å². The molecule has 0 radical (unpaired) electrons. The maximum Gasteiger partial charge on any atom is 0.336 e. The minimum atomic E-state index is -1.63. The Morgan fingerprint density at radius 2 is 2.00 bits per heavy atom. The van der Waals surface area contributed by atoms with Gasteiger partial charge in [-0.05, 0) is 25.2 Å². The number of allylic oxidation sites excluding steroid dienone is 3. The number of aliphatic carboxylic acids is 1. The first-order chi connectivity index (χ1) is 8.01. The van der Waals surface area contributed by atoms with E-state index in [-0.39, 0.29) is 5.92 Å². The molecule has 2 N–H and O–H groups in total. The standard InChI is InChI=1S/C14H20O3/c1-13(9-5-2-6-10-13)14(17,12(15)16)11-7-3-4-8-11/h2,5-6,9,11,17H,3-4,7-8,10H2,1H3,(H,15,16)/t13?,14-/m1/s1. The third-order valence-corrected chi connectivity index (χ3v) is 4.40. The Morgan fingerprint density at radius 1 is 1.35 bits per heavy atom. The molecule has 0 aromatic carbocycles. The van der Waals surface area contributed by atoms with Crippen LogP contribution in [0.25, 0.3) is 0 Å². The van der Waals surface area contributed by atoms with Crippen molar-refractivity contribution in [1.82, 2.24) is 0 Å². The second kappa shape index (κ2) is 4.30. The Morgan fingerprint density at radius 3 is 2.47 bits per heavy atom. The summed E-state index contributed by atoms with van der Waals surface area (Å²) in [5, 5.41) is 20.3. The summed E-state index contributed by atoms with van der Waals surface area (Å²) < 4.78 is 0. The van der Waals surface area contributed by atoms with Crippen LogP contribution < -0.4 is 0 Å². The third-order valence-electron chi connectivity index (χ3n) is 4.40. The summed E-state index contributed by atoms with van der Waals surface area (Å²) in [6.45, 7) is 1.85. The Balaban J connectivity index is 2.36. The van der Waals surface area contributed by atoms with Crippen LogP contribution in [0, 0.1) is 11.3 Å². The highest BCUT2D eigenvalue weighted by molar-refractivity contribution is 5.79. The van der Waals surface area contributed by atoms with E-state index >= 15 is 0 Å². The van der Waals surface area contributed by atoms with Gasteiger partial charge in [0.15, 0.2) is 5.60 Å². The lowest BCUT2D eigenvalue weighted by molar-refractivity contribution is -0.180. The molecule has 1 unspecified atom stereocenters. The average Bonchev–Trinajstić information content (AvgIpc) is 2.82. The number of carboxylic acids is 1. The van der Waals surface area contributed by atoms with E-state index in [1.54, 1.807) is 0 Å². The summed E-state index contributed by atoms with van der Waals surface area (Å²) >= 11 is 0. The maximum absolute atomic E-state index is 11.6. The van der Waals surface area contributed by atoms with Crippen LogP contribution in [0.5, 0.6) is 0 Å². The predicted molar refractivity (Wildman–Crippen MR) is 65.5 cm³/mol. The Bertz CT molecular complexity index is 366. The summed E-state index contributed by atoms with van der Waals surface area (Å²) in [6.07, 6.45) is 11.8. The van der Waals surface area contributed by atoms with E-state index in [0.717, 1.165) is 25.7 Å². The molecule has 2 atom stereocenters. The molecule has 3 nitrogen and oxygen atoms in total. The average molecular weight is 236 g/mol. The van der Waals surface area contributed by atoms with Crippen LogP contribution >= 0.6 is 0 Å². The number of aliphatic hydroxyl groups is 1. The first kappa shape index (κ1) is 12.4. The summed E-state index contributed by atoms with van der Waals surface area (Å²) in [5.41, 5.74) is -2.33. The van der Waals surface area contributed by atoms with Crippen LogP contribution in [0.15, 0.2) is 24.3 Å². The number of hydrogen-bond acceptors (Lipinski definition) is 2. The van der Waals surface area contributed by atoms with Gasteiger partial charge in [-0.25, -0.2) is 4.79 Å². The SMILES string of the molecule is CC1([C@](O)(C(=O)O)C2CCCC2)C=CC=CC1. The molecule has 2 aliphatic rings. The molecule has 2 rings (SSSR count).